The normalized spacial score (nSPS) is 36.7. The summed E-state index contributed by atoms with van der Waals surface area (Å²) in [5.74, 6) is -0.343. The molecule has 0 bridgehead atoms. The predicted octanol–water partition coefficient (Wildman–Crippen LogP) is 0.304. The fraction of sp³-hybridized carbons (Fsp3) is 0.667. The number of fused-ring (bicyclic) bond motifs is 1. The van der Waals surface area contributed by atoms with Crippen LogP contribution in [0, 0.1) is 5.92 Å². The van der Waals surface area contributed by atoms with Gasteiger partial charge in [0.1, 0.15) is 23.5 Å². The van der Waals surface area contributed by atoms with Gasteiger partial charge in [-0.1, -0.05) is 11.6 Å². The second-order valence-electron chi connectivity index (χ2n) is 6.54. The van der Waals surface area contributed by atoms with Gasteiger partial charge >= 0.3 is 0 Å². The van der Waals surface area contributed by atoms with Crippen molar-refractivity contribution in [2.45, 2.75) is 43.1 Å². The quantitative estimate of drug-likeness (QED) is 0.665. The molecule has 1 spiro atoms. The summed E-state index contributed by atoms with van der Waals surface area (Å²) in [4.78, 5) is 12.4. The van der Waals surface area contributed by atoms with Crippen molar-refractivity contribution in [2.75, 3.05) is 13.2 Å². The van der Waals surface area contributed by atoms with Crippen LogP contribution in [-0.2, 0) is 4.74 Å². The molecule has 0 aromatic carbocycles. The maximum atomic E-state index is 11.1. The molecule has 2 aromatic heterocycles. The summed E-state index contributed by atoms with van der Waals surface area (Å²) in [7, 11) is 0. The van der Waals surface area contributed by atoms with Gasteiger partial charge in [0.15, 0.2) is 10.8 Å². The molecule has 1 aliphatic heterocycles. The summed E-state index contributed by atoms with van der Waals surface area (Å²) >= 11 is 6.06. The van der Waals surface area contributed by atoms with E-state index >= 15 is 0 Å². The van der Waals surface area contributed by atoms with Crippen LogP contribution in [0.1, 0.15) is 25.3 Å². The van der Waals surface area contributed by atoms with Gasteiger partial charge in [-0.25, -0.2) is 15.0 Å². The first-order valence-corrected chi connectivity index (χ1v) is 8.40. The fourth-order valence-electron chi connectivity index (χ4n) is 4.07. The van der Waals surface area contributed by atoms with E-state index in [0.717, 1.165) is 6.42 Å². The van der Waals surface area contributed by atoms with Gasteiger partial charge in [0.05, 0.1) is 31.7 Å². The molecule has 8 nitrogen and oxygen atoms in total. The van der Waals surface area contributed by atoms with E-state index in [4.69, 9.17) is 16.3 Å². The first-order chi connectivity index (χ1) is 11.6. The summed E-state index contributed by atoms with van der Waals surface area (Å²) in [5, 5.41) is 31.4. The lowest BCUT2D eigenvalue weighted by molar-refractivity contribution is -0.228. The van der Waals surface area contributed by atoms with Crippen LogP contribution in [0.5, 0.6) is 0 Å². The summed E-state index contributed by atoms with van der Waals surface area (Å²) < 4.78 is 7.58. The zero-order chi connectivity index (χ0) is 16.9. The Balaban J connectivity index is 1.81. The molecule has 5 atom stereocenters. The minimum atomic E-state index is -1.01. The average Bonchev–Trinajstić information content (AvgIpc) is 3.16. The van der Waals surface area contributed by atoms with Crippen LogP contribution in [0.25, 0.3) is 11.2 Å². The molecule has 1 saturated heterocycles. The van der Waals surface area contributed by atoms with Gasteiger partial charge in [-0.3, -0.25) is 0 Å². The Labute approximate surface area is 143 Å². The Morgan fingerprint density at radius 2 is 2.17 bits per heavy atom. The van der Waals surface area contributed by atoms with E-state index < -0.39 is 23.9 Å². The molecule has 24 heavy (non-hydrogen) atoms. The van der Waals surface area contributed by atoms with Crippen LogP contribution >= 0.6 is 11.6 Å². The lowest BCUT2D eigenvalue weighted by Gasteiger charge is -2.48. The second kappa shape index (κ2) is 5.89. The first-order valence-electron chi connectivity index (χ1n) is 8.02. The molecule has 9 heteroatoms. The van der Waals surface area contributed by atoms with E-state index in [1.54, 1.807) is 10.9 Å². The monoisotopic (exact) mass is 354 g/mol. The highest BCUT2D eigenvalue weighted by Crippen LogP contribution is 2.46. The Kier molecular flexibility index (Phi) is 3.97. The molecule has 1 aliphatic carbocycles. The van der Waals surface area contributed by atoms with Crippen LogP contribution in [0.3, 0.4) is 0 Å². The van der Waals surface area contributed by atoms with Crippen LogP contribution in [-0.4, -0.2) is 65.9 Å². The Morgan fingerprint density at radius 1 is 1.33 bits per heavy atom. The Bertz CT molecular complexity index is 756. The maximum absolute atomic E-state index is 11.1. The minimum Gasteiger partial charge on any atom is -0.396 e. The van der Waals surface area contributed by atoms with Crippen molar-refractivity contribution in [3.63, 3.8) is 0 Å². The van der Waals surface area contributed by atoms with E-state index in [1.165, 1.54) is 6.33 Å². The molecule has 2 aliphatic rings. The number of aliphatic hydroxyl groups is 3. The van der Waals surface area contributed by atoms with Crippen molar-refractivity contribution in [1.29, 1.82) is 0 Å². The van der Waals surface area contributed by atoms with Crippen molar-refractivity contribution in [3.05, 3.63) is 17.8 Å². The Morgan fingerprint density at radius 3 is 2.88 bits per heavy atom. The number of rotatable bonds is 2. The van der Waals surface area contributed by atoms with Crippen LogP contribution in [0.15, 0.2) is 12.7 Å². The van der Waals surface area contributed by atoms with Gasteiger partial charge in [0, 0.05) is 5.92 Å². The summed E-state index contributed by atoms with van der Waals surface area (Å²) in [5.41, 5.74) is -0.0818. The Hall–Kier alpha value is -1.32. The topological polar surface area (TPSA) is 114 Å². The molecule has 0 radical (unpaired) electrons. The molecule has 3 heterocycles. The number of imidazole rings is 1. The minimum absolute atomic E-state index is 0.160. The predicted molar refractivity (Wildman–Crippen MR) is 84.5 cm³/mol. The third-order valence-corrected chi connectivity index (χ3v) is 5.63. The largest absolute Gasteiger partial charge is 0.396 e. The maximum Gasteiger partial charge on any atom is 0.165 e. The standard InChI is InChI=1S/C15H19ClN4O4/c16-13-10-14(18-6-17-13)20(7-19-10)11-8(4-21)5-24-15(12(11)23)3-1-2-9(15)22/h6-9,11-12,21-23H,1-5H2/t8-,9-,11-,12+,15-/m1/s1. The third-order valence-electron chi connectivity index (χ3n) is 5.35. The van der Waals surface area contributed by atoms with Crippen LogP contribution in [0.2, 0.25) is 5.15 Å². The van der Waals surface area contributed by atoms with Gasteiger partial charge in [0.25, 0.3) is 0 Å². The molecular weight excluding hydrogens is 336 g/mol. The van der Waals surface area contributed by atoms with E-state index in [2.05, 4.69) is 15.0 Å². The lowest BCUT2D eigenvalue weighted by Crippen LogP contribution is -2.60. The number of hydrogen-bond donors (Lipinski definition) is 3. The smallest absolute Gasteiger partial charge is 0.165 e. The van der Waals surface area contributed by atoms with E-state index in [-0.39, 0.29) is 24.3 Å². The first kappa shape index (κ1) is 16.2. The third kappa shape index (κ3) is 2.18. The molecule has 1 saturated carbocycles. The van der Waals surface area contributed by atoms with E-state index in [9.17, 15) is 15.3 Å². The molecular formula is C15H19ClN4O4. The SMILES string of the molecule is OC[C@@H]1CO[C@@]2(CCC[C@H]2O)[C@@H](O)[C@@H]1n1cnc2c(Cl)ncnc21. The number of halogens is 1. The van der Waals surface area contributed by atoms with Crippen molar-refractivity contribution >= 4 is 22.8 Å². The highest BCUT2D eigenvalue weighted by molar-refractivity contribution is 6.33. The van der Waals surface area contributed by atoms with E-state index in [1.807, 2.05) is 0 Å². The van der Waals surface area contributed by atoms with Crippen molar-refractivity contribution in [3.8, 4) is 0 Å². The van der Waals surface area contributed by atoms with Crippen molar-refractivity contribution in [1.82, 2.24) is 19.5 Å². The summed E-state index contributed by atoms with van der Waals surface area (Å²) in [6, 6.07) is -0.521. The highest BCUT2D eigenvalue weighted by atomic mass is 35.5. The van der Waals surface area contributed by atoms with Crippen molar-refractivity contribution < 1.29 is 20.1 Å². The van der Waals surface area contributed by atoms with E-state index in [0.29, 0.717) is 24.0 Å². The number of aromatic nitrogens is 4. The molecule has 4 rings (SSSR count). The summed E-state index contributed by atoms with van der Waals surface area (Å²) in [6.07, 6.45) is 3.10. The number of aliphatic hydroxyl groups excluding tert-OH is 3. The molecule has 2 fully saturated rings. The van der Waals surface area contributed by atoms with Gasteiger partial charge in [0.2, 0.25) is 0 Å². The lowest BCUT2D eigenvalue weighted by atomic mass is 9.79. The number of ether oxygens (including phenoxy) is 1. The molecule has 2 aromatic rings. The molecule has 3 N–H and O–H groups in total. The van der Waals surface area contributed by atoms with Gasteiger partial charge in [-0.15, -0.1) is 0 Å². The molecule has 0 unspecified atom stereocenters. The number of hydrogen-bond acceptors (Lipinski definition) is 7. The molecule has 0 amide bonds. The number of nitrogens with zero attached hydrogens (tertiary/aromatic N) is 4. The van der Waals surface area contributed by atoms with Gasteiger partial charge < -0.3 is 24.6 Å². The second-order valence-corrected chi connectivity index (χ2v) is 6.90. The summed E-state index contributed by atoms with van der Waals surface area (Å²) in [6.45, 7) is 0.0835. The van der Waals surface area contributed by atoms with Crippen molar-refractivity contribution in [2.24, 2.45) is 5.92 Å². The highest BCUT2D eigenvalue weighted by Gasteiger charge is 2.56. The van der Waals surface area contributed by atoms with Crippen LogP contribution < -0.4 is 0 Å². The zero-order valence-electron chi connectivity index (χ0n) is 12.9. The van der Waals surface area contributed by atoms with Gasteiger partial charge in [-0.05, 0) is 19.3 Å². The average molecular weight is 355 g/mol. The van der Waals surface area contributed by atoms with Gasteiger partial charge in [-0.2, -0.15) is 0 Å². The zero-order valence-corrected chi connectivity index (χ0v) is 13.7. The van der Waals surface area contributed by atoms with Crippen LogP contribution in [0.4, 0.5) is 0 Å². The fourth-order valence-corrected chi connectivity index (χ4v) is 4.25. The molecule has 130 valence electrons.